The molecule has 0 radical (unpaired) electrons. The van der Waals surface area contributed by atoms with Crippen LogP contribution in [0.1, 0.15) is 12.0 Å². The SMILES string of the molecule is COc1cc(OC)cc(C2(CCS)COC2)c1. The number of thiol groups is 1. The second-order valence-electron chi connectivity index (χ2n) is 4.35. The molecule has 0 atom stereocenters. The minimum atomic E-state index is 0.0869. The first kappa shape index (κ1) is 12.6. The van der Waals surface area contributed by atoms with E-state index in [0.717, 1.165) is 36.9 Å². The van der Waals surface area contributed by atoms with Gasteiger partial charge >= 0.3 is 0 Å². The van der Waals surface area contributed by atoms with Gasteiger partial charge in [0.15, 0.2) is 0 Å². The Bertz CT molecular complexity index is 366. The Morgan fingerprint density at radius 1 is 1.18 bits per heavy atom. The monoisotopic (exact) mass is 254 g/mol. The first-order valence-electron chi connectivity index (χ1n) is 5.66. The Balaban J connectivity index is 2.35. The summed E-state index contributed by atoms with van der Waals surface area (Å²) in [6.45, 7) is 1.51. The summed E-state index contributed by atoms with van der Waals surface area (Å²) in [5, 5.41) is 0. The summed E-state index contributed by atoms with van der Waals surface area (Å²) in [6.07, 6.45) is 1.01. The van der Waals surface area contributed by atoms with Crippen LogP contribution in [0.4, 0.5) is 0 Å². The van der Waals surface area contributed by atoms with E-state index in [1.165, 1.54) is 5.56 Å². The lowest BCUT2D eigenvalue weighted by Gasteiger charge is -2.42. The third-order valence-electron chi connectivity index (χ3n) is 3.31. The Morgan fingerprint density at radius 2 is 1.76 bits per heavy atom. The third kappa shape index (κ3) is 2.38. The molecule has 1 aromatic carbocycles. The Hall–Kier alpha value is -0.870. The van der Waals surface area contributed by atoms with Gasteiger partial charge < -0.3 is 14.2 Å². The molecular weight excluding hydrogens is 236 g/mol. The first-order valence-corrected chi connectivity index (χ1v) is 6.29. The quantitative estimate of drug-likeness (QED) is 0.817. The molecule has 4 heteroatoms. The molecule has 0 saturated carbocycles. The summed E-state index contributed by atoms with van der Waals surface area (Å²) in [5.74, 6) is 2.50. The van der Waals surface area contributed by atoms with Crippen LogP contribution >= 0.6 is 12.6 Å². The van der Waals surface area contributed by atoms with Gasteiger partial charge in [-0.05, 0) is 29.9 Å². The zero-order valence-corrected chi connectivity index (χ0v) is 11.1. The average molecular weight is 254 g/mol. The molecule has 1 fully saturated rings. The molecule has 0 N–H and O–H groups in total. The van der Waals surface area contributed by atoms with Crippen LogP contribution in [0, 0.1) is 0 Å². The van der Waals surface area contributed by atoms with Crippen molar-refractivity contribution in [2.45, 2.75) is 11.8 Å². The molecular formula is C13H18O3S. The molecule has 3 nitrogen and oxygen atoms in total. The van der Waals surface area contributed by atoms with Crippen molar-refractivity contribution in [2.24, 2.45) is 0 Å². The van der Waals surface area contributed by atoms with E-state index in [1.54, 1.807) is 14.2 Å². The second-order valence-corrected chi connectivity index (χ2v) is 4.80. The van der Waals surface area contributed by atoms with Crippen molar-refractivity contribution < 1.29 is 14.2 Å². The highest BCUT2D eigenvalue weighted by Crippen LogP contribution is 2.39. The number of hydrogen-bond acceptors (Lipinski definition) is 4. The van der Waals surface area contributed by atoms with Crippen molar-refractivity contribution in [2.75, 3.05) is 33.2 Å². The second kappa shape index (κ2) is 5.19. The van der Waals surface area contributed by atoms with E-state index in [1.807, 2.05) is 6.07 Å². The molecule has 0 spiro atoms. The predicted octanol–water partition coefficient (Wildman–Crippen LogP) is 2.29. The van der Waals surface area contributed by atoms with Crippen LogP contribution in [0.2, 0.25) is 0 Å². The zero-order valence-electron chi connectivity index (χ0n) is 10.2. The largest absolute Gasteiger partial charge is 0.497 e. The fourth-order valence-corrected chi connectivity index (χ4v) is 2.56. The van der Waals surface area contributed by atoms with Gasteiger partial charge in [-0.15, -0.1) is 0 Å². The van der Waals surface area contributed by atoms with E-state index in [2.05, 4.69) is 24.8 Å². The lowest BCUT2D eigenvalue weighted by atomic mass is 9.76. The lowest BCUT2D eigenvalue weighted by molar-refractivity contribution is -0.0615. The van der Waals surface area contributed by atoms with E-state index in [9.17, 15) is 0 Å². The highest BCUT2D eigenvalue weighted by Gasteiger charge is 2.40. The van der Waals surface area contributed by atoms with Gasteiger partial charge in [-0.25, -0.2) is 0 Å². The minimum Gasteiger partial charge on any atom is -0.497 e. The number of benzene rings is 1. The molecule has 1 saturated heterocycles. The fourth-order valence-electron chi connectivity index (χ4n) is 2.13. The molecule has 1 aliphatic heterocycles. The summed E-state index contributed by atoms with van der Waals surface area (Å²) in [4.78, 5) is 0. The molecule has 0 amide bonds. The molecule has 1 heterocycles. The van der Waals surface area contributed by atoms with Gasteiger partial charge in [0.1, 0.15) is 11.5 Å². The van der Waals surface area contributed by atoms with Gasteiger partial charge in [0, 0.05) is 11.5 Å². The van der Waals surface area contributed by atoms with Crippen molar-refractivity contribution >= 4 is 12.6 Å². The van der Waals surface area contributed by atoms with Crippen LogP contribution < -0.4 is 9.47 Å². The molecule has 0 unspecified atom stereocenters. The molecule has 1 aromatic rings. The Labute approximate surface area is 107 Å². The Morgan fingerprint density at radius 3 is 2.12 bits per heavy atom. The predicted molar refractivity (Wildman–Crippen MR) is 70.5 cm³/mol. The van der Waals surface area contributed by atoms with Crippen molar-refractivity contribution in [3.05, 3.63) is 23.8 Å². The first-order chi connectivity index (χ1) is 8.24. The van der Waals surface area contributed by atoms with Gasteiger partial charge in [0.2, 0.25) is 0 Å². The van der Waals surface area contributed by atoms with Crippen molar-refractivity contribution in [3.63, 3.8) is 0 Å². The van der Waals surface area contributed by atoms with E-state index in [0.29, 0.717) is 0 Å². The van der Waals surface area contributed by atoms with Crippen molar-refractivity contribution in [3.8, 4) is 11.5 Å². The number of ether oxygens (including phenoxy) is 3. The Kier molecular flexibility index (Phi) is 3.84. The van der Waals surface area contributed by atoms with Gasteiger partial charge in [0.25, 0.3) is 0 Å². The molecule has 0 bridgehead atoms. The molecule has 17 heavy (non-hydrogen) atoms. The summed E-state index contributed by atoms with van der Waals surface area (Å²) in [5.41, 5.74) is 1.30. The standard InChI is InChI=1S/C13H18O3S/c1-14-11-5-10(6-12(7-11)15-2)13(3-4-17)8-16-9-13/h5-7,17H,3-4,8-9H2,1-2H3. The molecule has 1 aliphatic rings. The minimum absolute atomic E-state index is 0.0869. The number of methoxy groups -OCH3 is 2. The van der Waals surface area contributed by atoms with E-state index in [-0.39, 0.29) is 5.41 Å². The molecule has 0 aliphatic carbocycles. The molecule has 94 valence electrons. The molecule has 0 aromatic heterocycles. The van der Waals surface area contributed by atoms with Crippen molar-refractivity contribution in [1.82, 2.24) is 0 Å². The van der Waals surface area contributed by atoms with E-state index < -0.39 is 0 Å². The van der Waals surface area contributed by atoms with Crippen molar-refractivity contribution in [1.29, 1.82) is 0 Å². The number of rotatable bonds is 5. The highest BCUT2D eigenvalue weighted by molar-refractivity contribution is 7.80. The van der Waals surface area contributed by atoms with E-state index in [4.69, 9.17) is 14.2 Å². The summed E-state index contributed by atoms with van der Waals surface area (Å²) >= 11 is 4.33. The summed E-state index contributed by atoms with van der Waals surface area (Å²) in [6, 6.07) is 6.01. The maximum atomic E-state index is 5.38. The van der Waals surface area contributed by atoms with Crippen LogP contribution in [0.25, 0.3) is 0 Å². The van der Waals surface area contributed by atoms with Gasteiger partial charge in [-0.2, -0.15) is 12.6 Å². The third-order valence-corrected chi connectivity index (χ3v) is 3.53. The van der Waals surface area contributed by atoms with E-state index >= 15 is 0 Å². The highest BCUT2D eigenvalue weighted by atomic mass is 32.1. The number of hydrogen-bond donors (Lipinski definition) is 1. The summed E-state index contributed by atoms with van der Waals surface area (Å²) < 4.78 is 16.0. The lowest BCUT2D eigenvalue weighted by Crippen LogP contribution is -2.47. The maximum absolute atomic E-state index is 5.38. The van der Waals surface area contributed by atoms with Crippen LogP contribution in [0.15, 0.2) is 18.2 Å². The maximum Gasteiger partial charge on any atom is 0.122 e. The van der Waals surface area contributed by atoms with Crippen LogP contribution in [0.5, 0.6) is 11.5 Å². The van der Waals surface area contributed by atoms with Gasteiger partial charge in [-0.3, -0.25) is 0 Å². The average Bonchev–Trinajstić information content (AvgIpc) is 2.33. The zero-order chi connectivity index (χ0) is 12.3. The fraction of sp³-hybridized carbons (Fsp3) is 0.538. The topological polar surface area (TPSA) is 27.7 Å². The smallest absolute Gasteiger partial charge is 0.122 e. The van der Waals surface area contributed by atoms with Crippen LogP contribution in [-0.2, 0) is 10.2 Å². The summed E-state index contributed by atoms with van der Waals surface area (Å²) in [7, 11) is 3.34. The molecule has 2 rings (SSSR count). The van der Waals surface area contributed by atoms with Crippen LogP contribution in [0.3, 0.4) is 0 Å². The van der Waals surface area contributed by atoms with Gasteiger partial charge in [0.05, 0.1) is 27.4 Å². The van der Waals surface area contributed by atoms with Gasteiger partial charge in [-0.1, -0.05) is 0 Å². The van der Waals surface area contributed by atoms with Crippen LogP contribution in [-0.4, -0.2) is 33.2 Å². The normalized spacial score (nSPS) is 17.4.